The molecule has 120 valence electrons. The van der Waals surface area contributed by atoms with Crippen molar-refractivity contribution >= 4 is 21.8 Å². The second-order valence-corrected chi connectivity index (χ2v) is 7.57. The molecule has 7 heteroatoms. The van der Waals surface area contributed by atoms with Gasteiger partial charge in [-0.3, -0.25) is 0 Å². The average molecular weight is 332 g/mol. The Morgan fingerprint density at radius 1 is 1.38 bits per heavy atom. The minimum atomic E-state index is -3.57. The number of rotatable bonds is 9. The standard InChI is InChI=1S/C14H24N2O3S2/c1-11(10-20-4)8-16-21(17,18)14-7-12(9-15-2)5-6-13(14)19-3/h5-7,11,15-16H,8-10H2,1-4H3. The fourth-order valence-corrected chi connectivity index (χ4v) is 3.99. The van der Waals surface area contributed by atoms with Crippen LogP contribution in [0.15, 0.2) is 23.1 Å². The van der Waals surface area contributed by atoms with E-state index in [0.29, 0.717) is 18.8 Å². The number of benzene rings is 1. The molecule has 0 spiro atoms. The molecule has 1 atom stereocenters. The van der Waals surface area contributed by atoms with Crippen molar-refractivity contribution in [2.45, 2.75) is 18.4 Å². The molecule has 5 nitrogen and oxygen atoms in total. The summed E-state index contributed by atoms with van der Waals surface area (Å²) in [4.78, 5) is 0.189. The van der Waals surface area contributed by atoms with Crippen molar-refractivity contribution in [3.05, 3.63) is 23.8 Å². The third-order valence-electron chi connectivity index (χ3n) is 2.97. The van der Waals surface area contributed by atoms with Crippen molar-refractivity contribution in [2.75, 3.05) is 32.7 Å². The summed E-state index contributed by atoms with van der Waals surface area (Å²) in [6.07, 6.45) is 2.01. The first-order valence-corrected chi connectivity index (χ1v) is 9.62. The lowest BCUT2D eigenvalue weighted by Gasteiger charge is -2.14. The maximum Gasteiger partial charge on any atom is 0.244 e. The molecule has 21 heavy (non-hydrogen) atoms. The first-order valence-electron chi connectivity index (χ1n) is 6.74. The second-order valence-electron chi connectivity index (χ2n) is 4.93. The number of sulfonamides is 1. The summed E-state index contributed by atoms with van der Waals surface area (Å²) in [5, 5.41) is 3.01. The van der Waals surface area contributed by atoms with Crippen LogP contribution in [0.2, 0.25) is 0 Å². The van der Waals surface area contributed by atoms with E-state index < -0.39 is 10.0 Å². The third-order valence-corrected chi connectivity index (χ3v) is 5.32. The minimum absolute atomic E-state index is 0.189. The van der Waals surface area contributed by atoms with Gasteiger partial charge in [-0.15, -0.1) is 0 Å². The largest absolute Gasteiger partial charge is 0.495 e. The predicted molar refractivity (Wildman–Crippen MR) is 88.5 cm³/mol. The van der Waals surface area contributed by atoms with Crippen LogP contribution < -0.4 is 14.8 Å². The number of methoxy groups -OCH3 is 1. The van der Waals surface area contributed by atoms with E-state index in [1.165, 1.54) is 7.11 Å². The lowest BCUT2D eigenvalue weighted by atomic mass is 10.2. The minimum Gasteiger partial charge on any atom is -0.495 e. The predicted octanol–water partition coefficient (Wildman–Crippen LogP) is 1.69. The molecule has 2 N–H and O–H groups in total. The molecule has 0 bridgehead atoms. The first-order chi connectivity index (χ1) is 9.94. The van der Waals surface area contributed by atoms with Gasteiger partial charge in [-0.2, -0.15) is 11.8 Å². The topological polar surface area (TPSA) is 67.4 Å². The zero-order chi connectivity index (χ0) is 15.9. The van der Waals surface area contributed by atoms with E-state index in [-0.39, 0.29) is 10.8 Å². The molecule has 0 fully saturated rings. The number of ether oxygens (including phenoxy) is 1. The van der Waals surface area contributed by atoms with Gasteiger partial charge >= 0.3 is 0 Å². The van der Waals surface area contributed by atoms with Crippen molar-refractivity contribution in [3.8, 4) is 5.75 Å². The Morgan fingerprint density at radius 2 is 2.10 bits per heavy atom. The van der Waals surface area contributed by atoms with Crippen LogP contribution in [0.25, 0.3) is 0 Å². The lowest BCUT2D eigenvalue weighted by Crippen LogP contribution is -2.29. The van der Waals surface area contributed by atoms with E-state index in [0.717, 1.165) is 11.3 Å². The summed E-state index contributed by atoms with van der Waals surface area (Å²) < 4.78 is 32.8. The summed E-state index contributed by atoms with van der Waals surface area (Å²) in [6, 6.07) is 5.19. The molecule has 0 saturated heterocycles. The Bertz CT molecular complexity index is 547. The van der Waals surface area contributed by atoms with Crippen LogP contribution >= 0.6 is 11.8 Å². The zero-order valence-corrected chi connectivity index (χ0v) is 14.6. The molecule has 0 saturated carbocycles. The third kappa shape index (κ3) is 5.50. The van der Waals surface area contributed by atoms with E-state index in [2.05, 4.69) is 10.0 Å². The summed E-state index contributed by atoms with van der Waals surface area (Å²) in [5.41, 5.74) is 0.899. The van der Waals surface area contributed by atoms with Crippen molar-refractivity contribution < 1.29 is 13.2 Å². The molecule has 1 aromatic rings. The highest BCUT2D eigenvalue weighted by Crippen LogP contribution is 2.25. The average Bonchev–Trinajstić information content (AvgIpc) is 2.46. The Kier molecular flexibility index (Phi) is 7.51. The number of hydrogen-bond donors (Lipinski definition) is 2. The molecule has 0 amide bonds. The molecule has 1 rings (SSSR count). The summed E-state index contributed by atoms with van der Waals surface area (Å²) >= 11 is 1.71. The van der Waals surface area contributed by atoms with Crippen LogP contribution in [0.1, 0.15) is 12.5 Å². The van der Waals surface area contributed by atoms with Gasteiger partial charge in [0.25, 0.3) is 0 Å². The van der Waals surface area contributed by atoms with Gasteiger partial charge in [0, 0.05) is 13.1 Å². The van der Waals surface area contributed by atoms with Crippen LogP contribution in [-0.2, 0) is 16.6 Å². The van der Waals surface area contributed by atoms with Crippen LogP contribution in [0.5, 0.6) is 5.75 Å². The highest BCUT2D eigenvalue weighted by Gasteiger charge is 2.20. The van der Waals surface area contributed by atoms with Gasteiger partial charge in [-0.25, -0.2) is 13.1 Å². The number of hydrogen-bond acceptors (Lipinski definition) is 5. The molecule has 0 aliphatic rings. The van der Waals surface area contributed by atoms with E-state index in [1.807, 2.05) is 26.3 Å². The van der Waals surface area contributed by atoms with E-state index in [4.69, 9.17) is 4.74 Å². The molecule has 1 aromatic carbocycles. The van der Waals surface area contributed by atoms with Crippen LogP contribution in [0, 0.1) is 5.92 Å². The van der Waals surface area contributed by atoms with E-state index in [1.54, 1.807) is 23.9 Å². The van der Waals surface area contributed by atoms with Gasteiger partial charge in [0.15, 0.2) is 0 Å². The van der Waals surface area contributed by atoms with Gasteiger partial charge in [0.1, 0.15) is 10.6 Å². The van der Waals surface area contributed by atoms with Crippen molar-refractivity contribution in [1.82, 2.24) is 10.0 Å². The van der Waals surface area contributed by atoms with Gasteiger partial charge in [0.05, 0.1) is 7.11 Å². The fraction of sp³-hybridized carbons (Fsp3) is 0.571. The van der Waals surface area contributed by atoms with Gasteiger partial charge in [0.2, 0.25) is 10.0 Å². The Balaban J connectivity index is 2.97. The van der Waals surface area contributed by atoms with Crippen molar-refractivity contribution in [3.63, 3.8) is 0 Å². The molecule has 1 unspecified atom stereocenters. The molecular formula is C14H24N2O3S2. The normalized spacial score (nSPS) is 13.1. The Hall–Kier alpha value is -0.760. The van der Waals surface area contributed by atoms with Crippen molar-refractivity contribution in [1.29, 1.82) is 0 Å². The first kappa shape index (κ1) is 18.3. The highest BCUT2D eigenvalue weighted by atomic mass is 32.2. The Morgan fingerprint density at radius 3 is 2.67 bits per heavy atom. The summed E-state index contributed by atoms with van der Waals surface area (Å²) in [5.74, 6) is 1.56. The molecular weight excluding hydrogens is 308 g/mol. The van der Waals surface area contributed by atoms with Crippen molar-refractivity contribution in [2.24, 2.45) is 5.92 Å². The monoisotopic (exact) mass is 332 g/mol. The maximum absolute atomic E-state index is 12.5. The van der Waals surface area contributed by atoms with Crippen LogP contribution in [-0.4, -0.2) is 41.1 Å². The van der Waals surface area contributed by atoms with Gasteiger partial charge in [-0.1, -0.05) is 13.0 Å². The van der Waals surface area contributed by atoms with E-state index >= 15 is 0 Å². The fourth-order valence-electron chi connectivity index (χ4n) is 1.92. The maximum atomic E-state index is 12.5. The summed E-state index contributed by atoms with van der Waals surface area (Å²) in [6.45, 7) is 3.05. The molecule has 0 heterocycles. The molecule has 0 aliphatic heterocycles. The molecule has 0 radical (unpaired) electrons. The SMILES string of the molecule is CNCc1ccc(OC)c(S(=O)(=O)NCC(C)CSC)c1. The highest BCUT2D eigenvalue weighted by molar-refractivity contribution is 7.98. The molecule has 0 aliphatic carbocycles. The van der Waals surface area contributed by atoms with Gasteiger partial charge < -0.3 is 10.1 Å². The summed E-state index contributed by atoms with van der Waals surface area (Å²) in [7, 11) is -0.274. The number of thioether (sulfide) groups is 1. The second kappa shape index (κ2) is 8.63. The quantitative estimate of drug-likeness (QED) is 0.720. The Labute approximate surface area is 131 Å². The van der Waals surface area contributed by atoms with Crippen LogP contribution in [0.4, 0.5) is 0 Å². The smallest absolute Gasteiger partial charge is 0.244 e. The van der Waals surface area contributed by atoms with E-state index in [9.17, 15) is 8.42 Å². The lowest BCUT2D eigenvalue weighted by molar-refractivity contribution is 0.402. The number of nitrogens with one attached hydrogen (secondary N) is 2. The molecule has 0 aromatic heterocycles. The van der Waals surface area contributed by atoms with Crippen LogP contribution in [0.3, 0.4) is 0 Å². The zero-order valence-electron chi connectivity index (χ0n) is 13.0. The van der Waals surface area contributed by atoms with Gasteiger partial charge in [-0.05, 0) is 42.7 Å².